The number of likely N-dealkylation sites (tertiary alicyclic amines) is 1. The molecule has 0 radical (unpaired) electrons. The van der Waals surface area contributed by atoms with Gasteiger partial charge in [-0.15, -0.1) is 0 Å². The molecule has 7 heteroatoms. The van der Waals surface area contributed by atoms with E-state index in [0.717, 1.165) is 55.9 Å². The lowest BCUT2D eigenvalue weighted by Gasteiger charge is -2.35. The summed E-state index contributed by atoms with van der Waals surface area (Å²) < 4.78 is 34.6. The molecular weight excluding hydrogens is 388 g/mol. The topological polar surface area (TPSA) is 49.5 Å². The molecule has 2 aromatic carbocycles. The van der Waals surface area contributed by atoms with E-state index in [1.54, 1.807) is 19.2 Å². The summed E-state index contributed by atoms with van der Waals surface area (Å²) in [4.78, 5) is 6.09. The molecule has 30 heavy (non-hydrogen) atoms. The number of aromatic nitrogens is 1. The van der Waals surface area contributed by atoms with Crippen molar-refractivity contribution >= 4 is 10.9 Å². The average Bonchev–Trinajstić information content (AvgIpc) is 3.31. The summed E-state index contributed by atoms with van der Waals surface area (Å²) in [6.07, 6.45) is 2.02. The molecule has 5 nitrogen and oxygen atoms in total. The zero-order valence-electron chi connectivity index (χ0n) is 16.9. The second-order valence-electron chi connectivity index (χ2n) is 8.13. The molecule has 0 aliphatic carbocycles. The number of rotatable bonds is 5. The molecule has 2 aliphatic rings. The van der Waals surface area contributed by atoms with Gasteiger partial charge in [-0.3, -0.25) is 4.90 Å². The highest BCUT2D eigenvalue weighted by atomic mass is 19.3. The van der Waals surface area contributed by atoms with E-state index in [1.165, 1.54) is 16.6 Å². The SMILES string of the molecule is COc1ccc2[nH]c3c(c2c1)CCNC31CCN(Cc2ccc(OC(F)F)cc2)C1. The molecule has 2 aliphatic heterocycles. The Morgan fingerprint density at radius 1 is 1.13 bits per heavy atom. The first-order chi connectivity index (χ1) is 14.6. The van der Waals surface area contributed by atoms with Crippen molar-refractivity contribution in [3.63, 3.8) is 0 Å². The molecule has 1 aromatic heterocycles. The molecule has 1 spiro atoms. The molecule has 5 rings (SSSR count). The van der Waals surface area contributed by atoms with Crippen LogP contribution in [0.25, 0.3) is 10.9 Å². The van der Waals surface area contributed by atoms with Gasteiger partial charge >= 0.3 is 6.61 Å². The molecule has 158 valence electrons. The summed E-state index contributed by atoms with van der Waals surface area (Å²) >= 11 is 0. The van der Waals surface area contributed by atoms with Crippen LogP contribution in [0, 0.1) is 0 Å². The predicted molar refractivity (Wildman–Crippen MR) is 111 cm³/mol. The summed E-state index contributed by atoms with van der Waals surface area (Å²) in [5.74, 6) is 1.07. The molecule has 3 heterocycles. The van der Waals surface area contributed by atoms with E-state index in [4.69, 9.17) is 4.74 Å². The Labute approximate surface area is 174 Å². The third-order valence-corrected chi connectivity index (χ3v) is 6.33. The lowest BCUT2D eigenvalue weighted by Crippen LogP contribution is -2.49. The number of nitrogens with zero attached hydrogens (tertiary/aromatic N) is 1. The monoisotopic (exact) mass is 413 g/mol. The van der Waals surface area contributed by atoms with Gasteiger partial charge in [-0.05, 0) is 54.3 Å². The van der Waals surface area contributed by atoms with E-state index < -0.39 is 6.61 Å². The Balaban J connectivity index is 1.36. The maximum absolute atomic E-state index is 12.3. The van der Waals surface area contributed by atoms with Gasteiger partial charge in [-0.25, -0.2) is 0 Å². The minimum atomic E-state index is -2.79. The first kappa shape index (κ1) is 19.3. The van der Waals surface area contributed by atoms with E-state index in [1.807, 2.05) is 18.2 Å². The molecule has 1 saturated heterocycles. The first-order valence-corrected chi connectivity index (χ1v) is 10.3. The Morgan fingerprint density at radius 3 is 2.70 bits per heavy atom. The molecule has 1 atom stereocenters. The lowest BCUT2D eigenvalue weighted by atomic mass is 9.86. The lowest BCUT2D eigenvalue weighted by molar-refractivity contribution is -0.0498. The molecule has 1 fully saturated rings. The van der Waals surface area contributed by atoms with Gasteiger partial charge in [-0.1, -0.05) is 12.1 Å². The predicted octanol–water partition coefficient (Wildman–Crippen LogP) is 4.02. The van der Waals surface area contributed by atoms with Crippen LogP contribution in [0.2, 0.25) is 0 Å². The fourth-order valence-electron chi connectivity index (χ4n) is 4.94. The zero-order chi connectivity index (χ0) is 20.7. The molecule has 0 bridgehead atoms. The fraction of sp³-hybridized carbons (Fsp3) is 0.391. The van der Waals surface area contributed by atoms with Gasteiger partial charge < -0.3 is 19.8 Å². The van der Waals surface area contributed by atoms with Crippen LogP contribution in [0.5, 0.6) is 11.5 Å². The van der Waals surface area contributed by atoms with Gasteiger partial charge in [0.2, 0.25) is 0 Å². The highest BCUT2D eigenvalue weighted by molar-refractivity contribution is 5.86. The largest absolute Gasteiger partial charge is 0.497 e. The Kier molecular flexibility index (Phi) is 4.87. The number of H-pyrrole nitrogens is 1. The second-order valence-corrected chi connectivity index (χ2v) is 8.13. The van der Waals surface area contributed by atoms with Gasteiger partial charge in [0.25, 0.3) is 0 Å². The standard InChI is InChI=1S/C23H25F2N3O2/c1-29-17-6-7-20-19(12-17)18-8-10-26-23(21(18)27-20)9-11-28(14-23)13-15-2-4-16(5-3-15)30-22(24)25/h2-7,12,22,26-27H,8-11,13-14H2,1H3. The number of aromatic amines is 1. The molecule has 2 N–H and O–H groups in total. The van der Waals surface area contributed by atoms with Gasteiger partial charge in [0.05, 0.1) is 12.6 Å². The molecule has 0 saturated carbocycles. The fourth-order valence-corrected chi connectivity index (χ4v) is 4.94. The minimum absolute atomic E-state index is 0.0848. The zero-order valence-corrected chi connectivity index (χ0v) is 16.9. The van der Waals surface area contributed by atoms with Crippen LogP contribution >= 0.6 is 0 Å². The average molecular weight is 413 g/mol. The van der Waals surface area contributed by atoms with Crippen molar-refractivity contribution in [3.8, 4) is 11.5 Å². The number of ether oxygens (including phenoxy) is 2. The molecule has 1 unspecified atom stereocenters. The third-order valence-electron chi connectivity index (χ3n) is 6.33. The van der Waals surface area contributed by atoms with Crippen LogP contribution in [0.15, 0.2) is 42.5 Å². The van der Waals surface area contributed by atoms with Crippen LogP contribution in [-0.4, -0.2) is 43.2 Å². The summed E-state index contributed by atoms with van der Waals surface area (Å²) in [6, 6.07) is 13.1. The van der Waals surface area contributed by atoms with E-state index in [2.05, 4.69) is 32.1 Å². The van der Waals surface area contributed by atoms with Crippen molar-refractivity contribution in [2.24, 2.45) is 0 Å². The Morgan fingerprint density at radius 2 is 1.93 bits per heavy atom. The van der Waals surface area contributed by atoms with Crippen LogP contribution in [0.1, 0.15) is 23.2 Å². The van der Waals surface area contributed by atoms with Crippen molar-refractivity contribution in [3.05, 3.63) is 59.3 Å². The number of alkyl halides is 2. The first-order valence-electron chi connectivity index (χ1n) is 10.3. The van der Waals surface area contributed by atoms with E-state index in [0.29, 0.717) is 0 Å². The smallest absolute Gasteiger partial charge is 0.387 e. The second kappa shape index (κ2) is 7.56. The van der Waals surface area contributed by atoms with E-state index >= 15 is 0 Å². The molecular formula is C23H25F2N3O2. The number of hydrogen-bond donors (Lipinski definition) is 2. The van der Waals surface area contributed by atoms with Gasteiger partial charge in [0.1, 0.15) is 11.5 Å². The van der Waals surface area contributed by atoms with E-state index in [9.17, 15) is 8.78 Å². The van der Waals surface area contributed by atoms with Crippen molar-refractivity contribution in [2.45, 2.75) is 31.5 Å². The number of hydrogen-bond acceptors (Lipinski definition) is 4. The Hall–Kier alpha value is -2.64. The number of nitrogens with one attached hydrogen (secondary N) is 2. The van der Waals surface area contributed by atoms with Gasteiger partial charge in [0.15, 0.2) is 0 Å². The highest BCUT2D eigenvalue weighted by Gasteiger charge is 2.44. The number of fused-ring (bicyclic) bond motifs is 4. The van der Waals surface area contributed by atoms with Crippen LogP contribution in [-0.2, 0) is 18.5 Å². The maximum Gasteiger partial charge on any atom is 0.387 e. The Bertz CT molecular complexity index is 1050. The summed E-state index contributed by atoms with van der Waals surface area (Å²) in [5, 5.41) is 5.03. The van der Waals surface area contributed by atoms with Crippen molar-refractivity contribution in [2.75, 3.05) is 26.7 Å². The summed E-state index contributed by atoms with van der Waals surface area (Å²) in [7, 11) is 1.70. The van der Waals surface area contributed by atoms with Crippen molar-refractivity contribution in [1.82, 2.24) is 15.2 Å². The number of halogens is 2. The minimum Gasteiger partial charge on any atom is -0.497 e. The van der Waals surface area contributed by atoms with Gasteiger partial charge in [0, 0.05) is 42.8 Å². The van der Waals surface area contributed by atoms with Gasteiger partial charge in [-0.2, -0.15) is 8.78 Å². The summed E-state index contributed by atoms with van der Waals surface area (Å²) in [5.41, 5.74) is 4.83. The van der Waals surface area contributed by atoms with Crippen LogP contribution in [0.4, 0.5) is 8.78 Å². The number of benzene rings is 2. The maximum atomic E-state index is 12.3. The third kappa shape index (κ3) is 3.42. The molecule has 0 amide bonds. The quantitative estimate of drug-likeness (QED) is 0.663. The normalized spacial score (nSPS) is 21.5. The highest BCUT2D eigenvalue weighted by Crippen LogP contribution is 2.40. The summed E-state index contributed by atoms with van der Waals surface area (Å²) in [6.45, 7) is 0.809. The van der Waals surface area contributed by atoms with E-state index in [-0.39, 0.29) is 11.3 Å². The molecule has 3 aromatic rings. The van der Waals surface area contributed by atoms with Crippen LogP contribution in [0.3, 0.4) is 0 Å². The van der Waals surface area contributed by atoms with Crippen molar-refractivity contribution < 1.29 is 18.3 Å². The number of methoxy groups -OCH3 is 1. The van der Waals surface area contributed by atoms with Crippen molar-refractivity contribution in [1.29, 1.82) is 0 Å². The van der Waals surface area contributed by atoms with Crippen LogP contribution < -0.4 is 14.8 Å².